The molecule has 0 spiro atoms. The smallest absolute Gasteiger partial charge is 0.270 e. The van der Waals surface area contributed by atoms with Crippen LogP contribution in [0.1, 0.15) is 23.2 Å². The Morgan fingerprint density at radius 2 is 1.68 bits per heavy atom. The number of rotatable bonds is 3. The fraction of sp³-hybridized carbons (Fsp3) is 0.412. The number of hydrogen-bond acceptors (Lipinski definition) is 5. The first-order chi connectivity index (χ1) is 12.1. The lowest BCUT2D eigenvalue weighted by atomic mass is 10.1. The van der Waals surface area contributed by atoms with Crippen molar-refractivity contribution in [2.24, 2.45) is 5.10 Å². The van der Waals surface area contributed by atoms with Crippen LogP contribution in [0.4, 0.5) is 0 Å². The van der Waals surface area contributed by atoms with Crippen LogP contribution in [0.3, 0.4) is 0 Å². The number of carbonyl (C=O) groups excluding carboxylic acids is 3. The molecule has 1 N–H and O–H groups in total. The molecule has 0 bridgehead atoms. The van der Waals surface area contributed by atoms with E-state index in [1.165, 1.54) is 7.11 Å². The van der Waals surface area contributed by atoms with E-state index in [2.05, 4.69) is 10.5 Å². The highest BCUT2D eigenvalue weighted by molar-refractivity contribution is 6.39. The summed E-state index contributed by atoms with van der Waals surface area (Å²) >= 11 is 0. The molecule has 8 heteroatoms. The molecule has 1 fully saturated rings. The van der Waals surface area contributed by atoms with Gasteiger partial charge < -0.3 is 14.5 Å². The van der Waals surface area contributed by atoms with Crippen molar-refractivity contribution >= 4 is 23.4 Å². The van der Waals surface area contributed by atoms with E-state index in [9.17, 15) is 14.4 Å². The van der Waals surface area contributed by atoms with Crippen molar-refractivity contribution in [3.63, 3.8) is 0 Å². The second-order valence-electron chi connectivity index (χ2n) is 5.88. The number of hydrazone groups is 1. The van der Waals surface area contributed by atoms with Crippen LogP contribution in [0, 0.1) is 0 Å². The zero-order chi connectivity index (χ0) is 17.8. The minimum atomic E-state index is -0.177. The number of benzene rings is 1. The Morgan fingerprint density at radius 3 is 2.28 bits per heavy atom. The van der Waals surface area contributed by atoms with Gasteiger partial charge in [0.05, 0.1) is 12.7 Å². The summed E-state index contributed by atoms with van der Waals surface area (Å²) in [4.78, 5) is 39.6. The highest BCUT2D eigenvalue weighted by Gasteiger charge is 2.29. The number of nitrogens with one attached hydrogen (secondary N) is 1. The van der Waals surface area contributed by atoms with Crippen LogP contribution in [0.5, 0.6) is 5.75 Å². The number of hydrogen-bond donors (Lipinski definition) is 1. The third-order valence-corrected chi connectivity index (χ3v) is 4.34. The van der Waals surface area contributed by atoms with Gasteiger partial charge in [-0.25, -0.2) is 5.43 Å². The first kappa shape index (κ1) is 16.9. The van der Waals surface area contributed by atoms with Crippen molar-refractivity contribution in [2.45, 2.75) is 12.8 Å². The molecule has 3 amide bonds. The molecule has 0 aromatic heterocycles. The predicted molar refractivity (Wildman–Crippen MR) is 90.3 cm³/mol. The third-order valence-electron chi connectivity index (χ3n) is 4.34. The van der Waals surface area contributed by atoms with Crippen LogP contribution >= 0.6 is 0 Å². The van der Waals surface area contributed by atoms with Gasteiger partial charge >= 0.3 is 0 Å². The Labute approximate surface area is 145 Å². The molecule has 3 rings (SSSR count). The van der Waals surface area contributed by atoms with Crippen molar-refractivity contribution in [2.75, 3.05) is 33.3 Å². The zero-order valence-electron chi connectivity index (χ0n) is 14.0. The first-order valence-corrected chi connectivity index (χ1v) is 8.17. The summed E-state index contributed by atoms with van der Waals surface area (Å²) in [7, 11) is 1.53. The highest BCUT2D eigenvalue weighted by Crippen LogP contribution is 2.20. The van der Waals surface area contributed by atoms with Gasteiger partial charge in [0, 0.05) is 39.0 Å². The van der Waals surface area contributed by atoms with E-state index in [1.807, 2.05) is 6.07 Å². The Hall–Kier alpha value is -2.90. The lowest BCUT2D eigenvalue weighted by molar-refractivity contribution is -0.126. The molecule has 1 aromatic rings. The van der Waals surface area contributed by atoms with Gasteiger partial charge in [0.1, 0.15) is 11.5 Å². The number of methoxy groups -OCH3 is 1. The van der Waals surface area contributed by atoms with E-state index in [-0.39, 0.29) is 24.1 Å². The molecule has 8 nitrogen and oxygen atoms in total. The third kappa shape index (κ3) is 3.62. The SMILES string of the molecule is COc1ccccc1C(=O)N1CCN(C(=O)C2=NNC(=O)CC2)CC1. The molecule has 1 saturated heterocycles. The molecule has 0 atom stereocenters. The molecule has 2 aliphatic rings. The number of nitrogens with zero attached hydrogens (tertiary/aromatic N) is 3. The minimum Gasteiger partial charge on any atom is -0.496 e. The average Bonchev–Trinajstić information content (AvgIpc) is 2.67. The van der Waals surface area contributed by atoms with Gasteiger partial charge in [-0.2, -0.15) is 5.10 Å². The summed E-state index contributed by atoms with van der Waals surface area (Å²) in [5, 5.41) is 3.84. The lowest BCUT2D eigenvalue weighted by Crippen LogP contribution is -2.52. The van der Waals surface area contributed by atoms with Crippen molar-refractivity contribution in [1.82, 2.24) is 15.2 Å². The fourth-order valence-corrected chi connectivity index (χ4v) is 2.92. The Balaban J connectivity index is 1.61. The van der Waals surface area contributed by atoms with Crippen molar-refractivity contribution in [3.05, 3.63) is 29.8 Å². The second kappa shape index (κ2) is 7.33. The number of ether oxygens (including phenoxy) is 1. The molecule has 0 saturated carbocycles. The van der Waals surface area contributed by atoms with Gasteiger partial charge in [0.2, 0.25) is 5.91 Å². The van der Waals surface area contributed by atoms with Gasteiger partial charge in [0.25, 0.3) is 11.8 Å². The number of carbonyl (C=O) groups is 3. The minimum absolute atomic E-state index is 0.105. The van der Waals surface area contributed by atoms with E-state index >= 15 is 0 Å². The molecule has 132 valence electrons. The monoisotopic (exact) mass is 344 g/mol. The highest BCUT2D eigenvalue weighted by atomic mass is 16.5. The van der Waals surface area contributed by atoms with Crippen molar-refractivity contribution in [1.29, 1.82) is 0 Å². The van der Waals surface area contributed by atoms with Crippen LogP contribution in [0.25, 0.3) is 0 Å². The fourth-order valence-electron chi connectivity index (χ4n) is 2.92. The van der Waals surface area contributed by atoms with Crippen LogP contribution in [-0.2, 0) is 9.59 Å². The standard InChI is InChI=1S/C17H20N4O4/c1-25-14-5-3-2-4-12(14)16(23)20-8-10-21(11-9-20)17(24)13-6-7-15(22)19-18-13/h2-5H,6-11H2,1H3,(H,19,22). The first-order valence-electron chi connectivity index (χ1n) is 8.17. The van der Waals surface area contributed by atoms with E-state index in [0.29, 0.717) is 49.6 Å². The maximum atomic E-state index is 12.7. The molecule has 0 radical (unpaired) electrons. The Bertz CT molecular complexity index is 723. The van der Waals surface area contributed by atoms with E-state index in [1.54, 1.807) is 28.0 Å². The zero-order valence-corrected chi connectivity index (χ0v) is 14.0. The van der Waals surface area contributed by atoms with E-state index < -0.39 is 0 Å². The summed E-state index contributed by atoms with van der Waals surface area (Å²) in [6.07, 6.45) is 0.627. The predicted octanol–water partition coefficient (Wildman–Crippen LogP) is 0.246. The van der Waals surface area contributed by atoms with E-state index in [0.717, 1.165) is 0 Å². The largest absolute Gasteiger partial charge is 0.496 e. The average molecular weight is 344 g/mol. The molecule has 0 aliphatic carbocycles. The molecule has 1 aromatic carbocycles. The van der Waals surface area contributed by atoms with Gasteiger partial charge in [-0.15, -0.1) is 0 Å². The van der Waals surface area contributed by atoms with Crippen LogP contribution < -0.4 is 10.2 Å². The maximum absolute atomic E-state index is 12.7. The second-order valence-corrected chi connectivity index (χ2v) is 5.88. The molecular formula is C17H20N4O4. The Kier molecular flexibility index (Phi) is 4.97. The maximum Gasteiger partial charge on any atom is 0.270 e. The van der Waals surface area contributed by atoms with E-state index in [4.69, 9.17) is 4.74 Å². The molecular weight excluding hydrogens is 324 g/mol. The topological polar surface area (TPSA) is 91.3 Å². The lowest BCUT2D eigenvalue weighted by Gasteiger charge is -2.35. The normalized spacial score (nSPS) is 17.6. The summed E-state index contributed by atoms with van der Waals surface area (Å²) in [5.74, 6) is 0.0818. The molecule has 2 heterocycles. The summed E-state index contributed by atoms with van der Waals surface area (Å²) in [6.45, 7) is 1.77. The summed E-state index contributed by atoms with van der Waals surface area (Å²) in [5.41, 5.74) is 3.22. The molecule has 0 unspecified atom stereocenters. The Morgan fingerprint density at radius 1 is 1.04 bits per heavy atom. The molecule has 2 aliphatic heterocycles. The number of piperazine rings is 1. The van der Waals surface area contributed by atoms with Crippen LogP contribution in [0.2, 0.25) is 0 Å². The van der Waals surface area contributed by atoms with Crippen LogP contribution in [0.15, 0.2) is 29.4 Å². The van der Waals surface area contributed by atoms with Crippen molar-refractivity contribution in [3.8, 4) is 5.75 Å². The summed E-state index contributed by atoms with van der Waals surface area (Å²) in [6, 6.07) is 7.10. The van der Waals surface area contributed by atoms with Gasteiger partial charge in [-0.05, 0) is 12.1 Å². The van der Waals surface area contributed by atoms with Gasteiger partial charge in [0.15, 0.2) is 0 Å². The van der Waals surface area contributed by atoms with Gasteiger partial charge in [-0.3, -0.25) is 14.4 Å². The number of para-hydroxylation sites is 1. The van der Waals surface area contributed by atoms with Crippen molar-refractivity contribution < 1.29 is 19.1 Å². The summed E-state index contributed by atoms with van der Waals surface area (Å²) < 4.78 is 5.24. The van der Waals surface area contributed by atoms with Crippen LogP contribution in [-0.4, -0.2) is 66.5 Å². The quantitative estimate of drug-likeness (QED) is 0.851. The number of amides is 3. The molecule has 25 heavy (non-hydrogen) atoms. The van der Waals surface area contributed by atoms with Gasteiger partial charge in [-0.1, -0.05) is 12.1 Å².